The summed E-state index contributed by atoms with van der Waals surface area (Å²) in [5.74, 6) is 1.02. The van der Waals surface area contributed by atoms with Crippen LogP contribution in [0, 0.1) is 0 Å². The molecule has 1 aliphatic heterocycles. The zero-order valence-corrected chi connectivity index (χ0v) is 16.9. The number of hydrogen-bond acceptors (Lipinski definition) is 4. The number of pyridine rings is 1. The molecular weight excluding hydrogens is 374 g/mol. The van der Waals surface area contributed by atoms with Crippen molar-refractivity contribution in [2.24, 2.45) is 0 Å². The summed E-state index contributed by atoms with van der Waals surface area (Å²) in [6.07, 6.45) is 2.02. The lowest BCUT2D eigenvalue weighted by molar-refractivity contribution is 0.944. The van der Waals surface area contributed by atoms with Gasteiger partial charge in [-0.25, -0.2) is 4.98 Å². The number of rotatable bonds is 2. The predicted molar refractivity (Wildman–Crippen MR) is 124 cm³/mol. The Labute approximate surface area is 173 Å². The summed E-state index contributed by atoms with van der Waals surface area (Å²) in [6, 6.07) is 28.0. The van der Waals surface area contributed by atoms with E-state index in [1.54, 1.807) is 0 Å². The molecule has 1 aliphatic rings. The van der Waals surface area contributed by atoms with E-state index in [2.05, 4.69) is 89.6 Å². The lowest BCUT2D eigenvalue weighted by Crippen LogP contribution is -2.24. The Hall–Kier alpha value is -3.37. The standard InChI is InChI=1S/C25H19N3S/c1-27-16-28(18-8-3-2-4-9-18)25-22(27)14-17(15-26-25)19-11-7-12-21-20-10-5-6-13-23(20)29-24(19)21/h2-15H,16H2,1H3. The molecule has 5 aromatic rings. The van der Waals surface area contributed by atoms with Crippen molar-refractivity contribution in [2.75, 3.05) is 23.5 Å². The van der Waals surface area contributed by atoms with Gasteiger partial charge in [0.15, 0.2) is 5.82 Å². The number of aromatic nitrogens is 1. The molecule has 140 valence electrons. The summed E-state index contributed by atoms with van der Waals surface area (Å²) in [5, 5.41) is 2.65. The fraction of sp³-hybridized carbons (Fsp3) is 0.0800. The van der Waals surface area contributed by atoms with Crippen LogP contribution in [0.1, 0.15) is 0 Å². The second kappa shape index (κ2) is 6.33. The Morgan fingerprint density at radius 2 is 1.66 bits per heavy atom. The van der Waals surface area contributed by atoms with Gasteiger partial charge in [-0.15, -0.1) is 11.3 Å². The van der Waals surface area contributed by atoms with Crippen molar-refractivity contribution in [3.05, 3.63) is 85.1 Å². The average molecular weight is 394 g/mol. The third-order valence-electron chi connectivity index (χ3n) is 5.65. The largest absolute Gasteiger partial charge is 0.353 e. The molecule has 0 radical (unpaired) electrons. The summed E-state index contributed by atoms with van der Waals surface area (Å²) in [5.41, 5.74) is 4.77. The zero-order chi connectivity index (χ0) is 19.4. The Kier molecular flexibility index (Phi) is 3.61. The molecule has 0 fully saturated rings. The summed E-state index contributed by atoms with van der Waals surface area (Å²) in [7, 11) is 2.13. The molecule has 0 saturated carbocycles. The highest BCUT2D eigenvalue weighted by Gasteiger charge is 2.26. The third-order valence-corrected chi connectivity index (χ3v) is 6.87. The topological polar surface area (TPSA) is 19.4 Å². The first-order chi connectivity index (χ1) is 14.3. The maximum atomic E-state index is 4.89. The van der Waals surface area contributed by atoms with Crippen molar-refractivity contribution in [1.82, 2.24) is 4.98 Å². The molecule has 0 amide bonds. The van der Waals surface area contributed by atoms with Crippen molar-refractivity contribution in [3.8, 4) is 11.1 Å². The van der Waals surface area contributed by atoms with E-state index in [0.29, 0.717) is 0 Å². The van der Waals surface area contributed by atoms with Gasteiger partial charge in [-0.3, -0.25) is 0 Å². The zero-order valence-electron chi connectivity index (χ0n) is 16.0. The second-order valence-electron chi connectivity index (χ2n) is 7.45. The van der Waals surface area contributed by atoms with Crippen LogP contribution in [-0.2, 0) is 0 Å². The van der Waals surface area contributed by atoms with E-state index in [1.165, 1.54) is 42.7 Å². The molecule has 3 heterocycles. The predicted octanol–water partition coefficient (Wildman–Crippen LogP) is 6.66. The Morgan fingerprint density at radius 3 is 2.55 bits per heavy atom. The number of nitrogens with zero attached hydrogens (tertiary/aromatic N) is 3. The summed E-state index contributed by atoms with van der Waals surface area (Å²) in [6.45, 7) is 0.808. The number of fused-ring (bicyclic) bond motifs is 4. The van der Waals surface area contributed by atoms with Crippen LogP contribution in [0.2, 0.25) is 0 Å². The quantitative estimate of drug-likeness (QED) is 0.334. The van der Waals surface area contributed by atoms with Crippen molar-refractivity contribution in [2.45, 2.75) is 0 Å². The highest BCUT2D eigenvalue weighted by atomic mass is 32.1. The summed E-state index contributed by atoms with van der Waals surface area (Å²) in [4.78, 5) is 9.42. The number of benzene rings is 3. The van der Waals surface area contributed by atoms with Gasteiger partial charge in [0.1, 0.15) is 0 Å². The molecule has 0 bridgehead atoms. The van der Waals surface area contributed by atoms with Crippen LogP contribution in [-0.4, -0.2) is 18.7 Å². The number of hydrogen-bond donors (Lipinski definition) is 0. The van der Waals surface area contributed by atoms with E-state index in [0.717, 1.165) is 12.5 Å². The molecular formula is C25H19N3S. The average Bonchev–Trinajstić information content (AvgIpc) is 3.32. The normalized spacial score (nSPS) is 13.4. The van der Waals surface area contributed by atoms with E-state index < -0.39 is 0 Å². The van der Waals surface area contributed by atoms with Gasteiger partial charge in [-0.2, -0.15) is 0 Å². The minimum atomic E-state index is 0.808. The Bertz CT molecular complexity index is 1360. The molecule has 6 rings (SSSR count). The van der Waals surface area contributed by atoms with E-state index >= 15 is 0 Å². The van der Waals surface area contributed by atoms with E-state index in [9.17, 15) is 0 Å². The van der Waals surface area contributed by atoms with E-state index in [-0.39, 0.29) is 0 Å². The smallest absolute Gasteiger partial charge is 0.158 e. The highest BCUT2D eigenvalue weighted by molar-refractivity contribution is 7.26. The van der Waals surface area contributed by atoms with Gasteiger partial charge in [0.05, 0.1) is 12.4 Å². The Balaban J connectivity index is 1.51. The summed E-state index contributed by atoms with van der Waals surface area (Å²) < 4.78 is 2.66. The van der Waals surface area contributed by atoms with Gasteiger partial charge in [0.25, 0.3) is 0 Å². The van der Waals surface area contributed by atoms with Gasteiger partial charge in [0, 0.05) is 50.2 Å². The molecule has 0 spiro atoms. The number of anilines is 3. The van der Waals surface area contributed by atoms with Gasteiger partial charge >= 0.3 is 0 Å². The van der Waals surface area contributed by atoms with Crippen LogP contribution in [0.5, 0.6) is 0 Å². The Morgan fingerprint density at radius 1 is 0.862 bits per heavy atom. The first-order valence-electron chi connectivity index (χ1n) is 9.74. The molecule has 3 nitrogen and oxygen atoms in total. The summed E-state index contributed by atoms with van der Waals surface area (Å²) >= 11 is 1.86. The molecule has 4 heteroatoms. The van der Waals surface area contributed by atoms with Crippen LogP contribution in [0.15, 0.2) is 85.1 Å². The SMILES string of the molecule is CN1CN(c2ccccc2)c2ncc(-c3cccc4c3sc3ccccc34)cc21. The van der Waals surface area contributed by atoms with Gasteiger partial charge in [0.2, 0.25) is 0 Å². The monoisotopic (exact) mass is 393 g/mol. The van der Waals surface area contributed by atoms with Gasteiger partial charge in [-0.1, -0.05) is 54.6 Å². The fourth-order valence-electron chi connectivity index (χ4n) is 4.22. The maximum absolute atomic E-state index is 4.89. The van der Waals surface area contributed by atoms with Crippen LogP contribution in [0.25, 0.3) is 31.3 Å². The minimum absolute atomic E-state index is 0.808. The molecule has 0 atom stereocenters. The highest BCUT2D eigenvalue weighted by Crippen LogP contribution is 2.43. The van der Waals surface area contributed by atoms with Crippen molar-refractivity contribution in [3.63, 3.8) is 0 Å². The van der Waals surface area contributed by atoms with Crippen molar-refractivity contribution >= 4 is 48.7 Å². The van der Waals surface area contributed by atoms with Gasteiger partial charge < -0.3 is 9.80 Å². The van der Waals surface area contributed by atoms with Crippen molar-refractivity contribution in [1.29, 1.82) is 0 Å². The lowest BCUT2D eigenvalue weighted by Gasteiger charge is -2.18. The number of thiophene rings is 1. The molecule has 3 aromatic carbocycles. The van der Waals surface area contributed by atoms with Crippen LogP contribution in [0.4, 0.5) is 17.2 Å². The van der Waals surface area contributed by atoms with Crippen LogP contribution >= 0.6 is 11.3 Å². The lowest BCUT2D eigenvalue weighted by atomic mass is 10.0. The van der Waals surface area contributed by atoms with Crippen LogP contribution in [0.3, 0.4) is 0 Å². The van der Waals surface area contributed by atoms with E-state index in [1.807, 2.05) is 23.6 Å². The molecule has 0 aliphatic carbocycles. The molecule has 0 N–H and O–H groups in total. The number of para-hydroxylation sites is 1. The fourth-order valence-corrected chi connectivity index (χ4v) is 5.46. The minimum Gasteiger partial charge on any atom is -0.353 e. The molecule has 0 unspecified atom stereocenters. The van der Waals surface area contributed by atoms with E-state index in [4.69, 9.17) is 4.98 Å². The molecule has 29 heavy (non-hydrogen) atoms. The maximum Gasteiger partial charge on any atom is 0.158 e. The first-order valence-corrected chi connectivity index (χ1v) is 10.6. The third kappa shape index (κ3) is 2.53. The van der Waals surface area contributed by atoms with Crippen LogP contribution < -0.4 is 9.80 Å². The van der Waals surface area contributed by atoms with Crippen molar-refractivity contribution < 1.29 is 0 Å². The molecule has 2 aromatic heterocycles. The second-order valence-corrected chi connectivity index (χ2v) is 8.50. The molecule has 0 saturated heterocycles. The van der Waals surface area contributed by atoms with Gasteiger partial charge in [-0.05, 0) is 24.3 Å². The first kappa shape index (κ1) is 16.6.